The number of carbonyl (C=O) groups is 1. The molecular weight excluding hydrogens is 148 g/mol. The lowest BCUT2D eigenvalue weighted by Gasteiger charge is -1.86. The van der Waals surface area contributed by atoms with E-state index in [1.165, 1.54) is 25.7 Å². The molecule has 0 aromatic carbocycles. The summed E-state index contributed by atoms with van der Waals surface area (Å²) in [4.78, 5) is 8.86. The normalized spacial score (nSPS) is 7.90. The second-order valence-electron chi connectivity index (χ2n) is 1.99. The van der Waals surface area contributed by atoms with Crippen molar-refractivity contribution in [2.45, 2.75) is 39.5 Å². The fraction of sp³-hybridized carbons (Fsp3) is 0.857. The lowest BCUT2D eigenvalue weighted by Crippen LogP contribution is -1.67. The molecule has 62 valence electrons. The lowest BCUT2D eigenvalue weighted by molar-refractivity contribution is 0.222. The van der Waals surface area contributed by atoms with E-state index in [9.17, 15) is 0 Å². The van der Waals surface area contributed by atoms with Crippen LogP contribution in [0.1, 0.15) is 39.5 Å². The molecule has 0 aromatic rings. The van der Waals surface area contributed by atoms with Crippen molar-refractivity contribution in [3.63, 3.8) is 0 Å². The maximum Gasteiger partial charge on any atom is 0.361 e. The molecule has 0 aliphatic carbocycles. The van der Waals surface area contributed by atoms with E-state index in [4.69, 9.17) is 9.90 Å². The Morgan fingerprint density at radius 3 is 1.60 bits per heavy atom. The summed E-state index contributed by atoms with van der Waals surface area (Å²) in [6.07, 6.45) is 5.54. The van der Waals surface area contributed by atoms with Crippen LogP contribution in [0.25, 0.3) is 0 Å². The molecule has 0 atom stereocenters. The van der Waals surface area contributed by atoms with Crippen molar-refractivity contribution in [1.82, 2.24) is 0 Å². The highest BCUT2D eigenvalue weighted by Gasteiger charge is 1.75. The lowest BCUT2D eigenvalue weighted by atomic mass is 10.2. The summed E-state index contributed by atoms with van der Waals surface area (Å²) in [5.74, 6) is 0. The summed E-state index contributed by atoms with van der Waals surface area (Å²) in [6, 6.07) is 0. The number of hydrogen-bond acceptors (Lipinski definition) is 1. The molecule has 0 aromatic heterocycles. The molecule has 0 aliphatic rings. The molecule has 0 amide bonds. The van der Waals surface area contributed by atoms with E-state index in [0.29, 0.717) is 0 Å². The van der Waals surface area contributed by atoms with Crippen molar-refractivity contribution in [3.05, 3.63) is 0 Å². The van der Waals surface area contributed by atoms with Gasteiger partial charge in [-0.25, -0.2) is 4.79 Å². The van der Waals surface area contributed by atoms with Gasteiger partial charge in [-0.1, -0.05) is 52.2 Å². The highest BCUT2D eigenvalue weighted by molar-refractivity contribution is 7.96. The van der Waals surface area contributed by atoms with E-state index in [2.05, 4.69) is 26.5 Å². The Hall–Kier alpha value is -0.180. The first-order valence-electron chi connectivity index (χ1n) is 3.57. The Balaban J connectivity index is 0. The summed E-state index contributed by atoms with van der Waals surface area (Å²) in [6.45, 7) is 4.46. The minimum absolute atomic E-state index is 1.14. The smallest absolute Gasteiger partial charge is 0.361 e. The standard InChI is InChI=1S/C6H14.CH2O2S/c1-3-5-6-4-2;2-1(3)4/h3-6H2,1-2H3;4H,(H,2,3). The number of thiol groups is 1. The molecule has 0 spiro atoms. The quantitative estimate of drug-likeness (QED) is 0.496. The van der Waals surface area contributed by atoms with E-state index < -0.39 is 5.30 Å². The van der Waals surface area contributed by atoms with Crippen molar-refractivity contribution < 1.29 is 9.90 Å². The molecule has 3 heteroatoms. The molecule has 0 aliphatic heterocycles. The third-order valence-electron chi connectivity index (χ3n) is 0.957. The Labute approximate surface area is 68.0 Å². The monoisotopic (exact) mass is 164 g/mol. The van der Waals surface area contributed by atoms with Gasteiger partial charge in [0.15, 0.2) is 0 Å². The minimum Gasteiger partial charge on any atom is -0.473 e. The van der Waals surface area contributed by atoms with Crippen molar-refractivity contribution in [1.29, 1.82) is 0 Å². The van der Waals surface area contributed by atoms with Gasteiger partial charge in [-0.15, -0.1) is 0 Å². The maximum atomic E-state index is 8.86. The summed E-state index contributed by atoms with van der Waals surface area (Å²) in [7, 11) is 0. The molecule has 0 heterocycles. The molecule has 0 radical (unpaired) electrons. The van der Waals surface area contributed by atoms with Crippen molar-refractivity contribution in [3.8, 4) is 0 Å². The fourth-order valence-corrected chi connectivity index (χ4v) is 0.500. The number of carboxylic acid groups (broad SMARTS) is 1. The average molecular weight is 164 g/mol. The van der Waals surface area contributed by atoms with Crippen molar-refractivity contribution in [2.75, 3.05) is 0 Å². The fourth-order valence-electron chi connectivity index (χ4n) is 0.500. The molecule has 1 N–H and O–H groups in total. The van der Waals surface area contributed by atoms with Crippen LogP contribution < -0.4 is 0 Å². The average Bonchev–Trinajstić information content (AvgIpc) is 1.82. The molecule has 0 unspecified atom stereocenters. The first kappa shape index (κ1) is 12.5. The van der Waals surface area contributed by atoms with Gasteiger partial charge in [0.2, 0.25) is 0 Å². The topological polar surface area (TPSA) is 37.3 Å². The van der Waals surface area contributed by atoms with E-state index in [1.54, 1.807) is 0 Å². The predicted molar refractivity (Wildman–Crippen MR) is 46.8 cm³/mol. The zero-order chi connectivity index (χ0) is 8.41. The molecule has 0 fully saturated rings. The summed E-state index contributed by atoms with van der Waals surface area (Å²) in [5, 5.41) is 6.14. The molecule has 0 saturated carbocycles. The molecular formula is C7H16O2S. The van der Waals surface area contributed by atoms with Crippen LogP contribution >= 0.6 is 12.6 Å². The third-order valence-corrected chi connectivity index (χ3v) is 0.957. The van der Waals surface area contributed by atoms with Gasteiger partial charge < -0.3 is 5.11 Å². The largest absolute Gasteiger partial charge is 0.473 e. The first-order chi connectivity index (χ1) is 4.65. The third kappa shape index (κ3) is 45.7. The van der Waals surface area contributed by atoms with Crippen molar-refractivity contribution in [2.24, 2.45) is 0 Å². The molecule has 0 bridgehead atoms. The number of hydrogen-bond donors (Lipinski definition) is 2. The number of rotatable bonds is 3. The Morgan fingerprint density at radius 1 is 1.30 bits per heavy atom. The zero-order valence-electron chi connectivity index (χ0n) is 6.63. The maximum absolute atomic E-state index is 8.86. The summed E-state index contributed by atoms with van der Waals surface area (Å²) < 4.78 is 0. The van der Waals surface area contributed by atoms with Crippen LogP contribution in [0.5, 0.6) is 0 Å². The molecule has 0 saturated heterocycles. The van der Waals surface area contributed by atoms with Gasteiger partial charge in [-0.2, -0.15) is 0 Å². The van der Waals surface area contributed by atoms with Crippen LogP contribution in [0.4, 0.5) is 4.79 Å². The van der Waals surface area contributed by atoms with Gasteiger partial charge in [0.1, 0.15) is 0 Å². The Kier molecular flexibility index (Phi) is 14.5. The van der Waals surface area contributed by atoms with Gasteiger partial charge in [0.25, 0.3) is 0 Å². The van der Waals surface area contributed by atoms with Crippen LogP contribution in [0, 0.1) is 0 Å². The number of unbranched alkanes of at least 4 members (excludes halogenated alkanes) is 3. The summed E-state index contributed by atoms with van der Waals surface area (Å²) in [5.41, 5.74) is 0. The van der Waals surface area contributed by atoms with Gasteiger partial charge in [-0.3, -0.25) is 0 Å². The summed E-state index contributed by atoms with van der Waals surface area (Å²) >= 11 is 2.88. The molecule has 2 nitrogen and oxygen atoms in total. The van der Waals surface area contributed by atoms with Gasteiger partial charge in [0.05, 0.1) is 0 Å². The second-order valence-corrected chi connectivity index (χ2v) is 2.37. The minimum atomic E-state index is -1.14. The van der Waals surface area contributed by atoms with Crippen LogP contribution in [-0.4, -0.2) is 10.4 Å². The zero-order valence-corrected chi connectivity index (χ0v) is 7.53. The molecule has 0 rings (SSSR count). The van der Waals surface area contributed by atoms with Crippen LogP contribution in [0.3, 0.4) is 0 Å². The molecule has 10 heavy (non-hydrogen) atoms. The van der Waals surface area contributed by atoms with Gasteiger partial charge in [0, 0.05) is 0 Å². The van der Waals surface area contributed by atoms with E-state index in [-0.39, 0.29) is 0 Å². The predicted octanol–water partition coefficient (Wildman–Crippen LogP) is 3.18. The second kappa shape index (κ2) is 11.6. The van der Waals surface area contributed by atoms with Crippen molar-refractivity contribution >= 4 is 17.9 Å². The van der Waals surface area contributed by atoms with E-state index in [1.807, 2.05) is 0 Å². The van der Waals surface area contributed by atoms with Crippen LogP contribution in [-0.2, 0) is 0 Å². The van der Waals surface area contributed by atoms with Gasteiger partial charge >= 0.3 is 5.30 Å². The van der Waals surface area contributed by atoms with Crippen LogP contribution in [0.15, 0.2) is 0 Å². The van der Waals surface area contributed by atoms with Crippen LogP contribution in [0.2, 0.25) is 0 Å². The van der Waals surface area contributed by atoms with Gasteiger partial charge in [-0.05, 0) is 0 Å². The van der Waals surface area contributed by atoms with E-state index >= 15 is 0 Å². The highest BCUT2D eigenvalue weighted by Crippen LogP contribution is 1.95. The highest BCUT2D eigenvalue weighted by atomic mass is 32.1. The Morgan fingerprint density at radius 2 is 1.50 bits per heavy atom. The SMILES string of the molecule is CCCCCC.O=C(O)S. The van der Waals surface area contributed by atoms with E-state index in [0.717, 1.165) is 0 Å². The first-order valence-corrected chi connectivity index (χ1v) is 4.01. The Bertz CT molecular complexity index is 66.0.